The van der Waals surface area contributed by atoms with Gasteiger partial charge in [-0.05, 0) is 31.6 Å². The molecule has 0 spiro atoms. The first-order chi connectivity index (χ1) is 10.4. The second-order valence-electron chi connectivity index (χ2n) is 6.96. The molecule has 4 bridgehead atoms. The van der Waals surface area contributed by atoms with Gasteiger partial charge in [-0.2, -0.15) is 0 Å². The normalized spacial score (nSPS) is 36.0. The van der Waals surface area contributed by atoms with E-state index in [9.17, 15) is 14.4 Å². The van der Waals surface area contributed by atoms with Crippen LogP contribution in [-0.2, 0) is 28.6 Å². The molecule has 4 aliphatic rings. The molecule has 5 unspecified atom stereocenters. The minimum Gasteiger partial charge on any atom is -0.458 e. The summed E-state index contributed by atoms with van der Waals surface area (Å²) in [5.41, 5.74) is 0. The standard InChI is InChI=1S/C16H22O6/c1-8(2)15(18)20-7-13(17)22-14-10-3-9-4-11(6-10)16(19)21-12(14)5-9/h8-12,14H,3-7H2,1-2H3. The second kappa shape index (κ2) is 5.89. The van der Waals surface area contributed by atoms with E-state index in [0.29, 0.717) is 5.92 Å². The van der Waals surface area contributed by atoms with Crippen LogP contribution in [0.5, 0.6) is 0 Å². The Balaban J connectivity index is 1.59. The molecule has 0 amide bonds. The van der Waals surface area contributed by atoms with Crippen molar-refractivity contribution in [2.45, 2.75) is 51.7 Å². The van der Waals surface area contributed by atoms with Crippen LogP contribution in [0.3, 0.4) is 0 Å². The van der Waals surface area contributed by atoms with Crippen LogP contribution >= 0.6 is 0 Å². The SMILES string of the molecule is CC(C)C(=O)OCC(=O)OC1C2CC3CC(C2)C(=O)OC1C3. The van der Waals surface area contributed by atoms with Gasteiger partial charge in [0.1, 0.15) is 12.2 Å². The molecule has 22 heavy (non-hydrogen) atoms. The molecule has 2 saturated carbocycles. The number of ether oxygens (including phenoxy) is 3. The van der Waals surface area contributed by atoms with E-state index in [2.05, 4.69) is 0 Å². The number of rotatable bonds is 4. The van der Waals surface area contributed by atoms with Crippen molar-refractivity contribution in [2.24, 2.45) is 23.7 Å². The van der Waals surface area contributed by atoms with Gasteiger partial charge in [0.05, 0.1) is 11.8 Å². The minimum absolute atomic E-state index is 0.0452. The smallest absolute Gasteiger partial charge is 0.344 e. The zero-order valence-electron chi connectivity index (χ0n) is 12.9. The summed E-state index contributed by atoms with van der Waals surface area (Å²) in [7, 11) is 0. The highest BCUT2D eigenvalue weighted by Gasteiger charge is 2.51. The van der Waals surface area contributed by atoms with Crippen molar-refractivity contribution in [3.63, 3.8) is 0 Å². The summed E-state index contributed by atoms with van der Waals surface area (Å²) in [5, 5.41) is 0. The van der Waals surface area contributed by atoms with Gasteiger partial charge in [-0.3, -0.25) is 9.59 Å². The summed E-state index contributed by atoms with van der Waals surface area (Å²) in [6.45, 7) is 3.03. The lowest BCUT2D eigenvalue weighted by Gasteiger charge is -2.41. The first kappa shape index (κ1) is 15.3. The highest BCUT2D eigenvalue weighted by Crippen LogP contribution is 2.48. The fraction of sp³-hybridized carbons (Fsp3) is 0.812. The van der Waals surface area contributed by atoms with Gasteiger partial charge in [-0.1, -0.05) is 13.8 Å². The van der Waals surface area contributed by atoms with Crippen molar-refractivity contribution in [3.8, 4) is 0 Å². The molecular formula is C16H22O6. The lowest BCUT2D eigenvalue weighted by atomic mass is 9.67. The van der Waals surface area contributed by atoms with E-state index >= 15 is 0 Å². The lowest BCUT2D eigenvalue weighted by molar-refractivity contribution is -0.178. The second-order valence-corrected chi connectivity index (χ2v) is 6.96. The summed E-state index contributed by atoms with van der Waals surface area (Å²) in [6.07, 6.45) is 2.65. The van der Waals surface area contributed by atoms with Crippen molar-refractivity contribution in [1.82, 2.24) is 0 Å². The molecular weight excluding hydrogens is 288 g/mol. The third-order valence-corrected chi connectivity index (χ3v) is 4.91. The Labute approximate surface area is 129 Å². The zero-order chi connectivity index (χ0) is 15.9. The van der Waals surface area contributed by atoms with Gasteiger partial charge >= 0.3 is 17.9 Å². The molecule has 2 saturated heterocycles. The zero-order valence-corrected chi connectivity index (χ0v) is 12.9. The molecule has 0 radical (unpaired) electrons. The predicted octanol–water partition coefficient (Wildman–Crippen LogP) is 1.46. The molecule has 5 atom stereocenters. The van der Waals surface area contributed by atoms with Crippen LogP contribution in [0.1, 0.15) is 39.5 Å². The molecule has 0 aromatic heterocycles. The molecule has 6 nitrogen and oxygen atoms in total. The Hall–Kier alpha value is -1.59. The molecule has 6 heteroatoms. The van der Waals surface area contributed by atoms with Crippen LogP contribution in [0.4, 0.5) is 0 Å². The summed E-state index contributed by atoms with van der Waals surface area (Å²) in [4.78, 5) is 35.3. The first-order valence-electron chi connectivity index (χ1n) is 8.00. The number of hydrogen-bond donors (Lipinski definition) is 0. The first-order valence-corrected chi connectivity index (χ1v) is 8.00. The van der Waals surface area contributed by atoms with E-state index in [-0.39, 0.29) is 36.4 Å². The minimum atomic E-state index is -0.567. The molecule has 2 aliphatic carbocycles. The number of hydrogen-bond acceptors (Lipinski definition) is 6. The van der Waals surface area contributed by atoms with Crippen molar-refractivity contribution in [3.05, 3.63) is 0 Å². The maximum Gasteiger partial charge on any atom is 0.344 e. The highest BCUT2D eigenvalue weighted by atomic mass is 16.6. The fourth-order valence-corrected chi connectivity index (χ4v) is 3.92. The number of carbonyl (C=O) groups is 3. The lowest BCUT2D eigenvalue weighted by Crippen LogP contribution is -2.45. The Kier molecular flexibility index (Phi) is 4.10. The van der Waals surface area contributed by atoms with Crippen molar-refractivity contribution in [1.29, 1.82) is 0 Å². The highest BCUT2D eigenvalue weighted by molar-refractivity contribution is 5.77. The summed E-state index contributed by atoms with van der Waals surface area (Å²) in [6, 6.07) is 0. The van der Waals surface area contributed by atoms with Gasteiger partial charge in [-0.15, -0.1) is 0 Å². The molecule has 0 N–H and O–H groups in total. The summed E-state index contributed by atoms with van der Waals surface area (Å²) in [5.74, 6) is -0.794. The number of esters is 3. The van der Waals surface area contributed by atoms with Crippen LogP contribution in [-0.4, -0.2) is 36.7 Å². The Morgan fingerprint density at radius 1 is 1.23 bits per heavy atom. The Bertz CT molecular complexity index is 485. The third kappa shape index (κ3) is 2.96. The molecule has 122 valence electrons. The molecule has 4 fully saturated rings. The monoisotopic (exact) mass is 310 g/mol. The fourth-order valence-electron chi connectivity index (χ4n) is 3.92. The van der Waals surface area contributed by atoms with E-state index in [1.54, 1.807) is 13.8 Å². The molecule has 2 aliphatic heterocycles. The van der Waals surface area contributed by atoms with Gasteiger partial charge in [-0.25, -0.2) is 4.79 Å². The molecule has 0 aromatic carbocycles. The van der Waals surface area contributed by atoms with E-state index in [0.717, 1.165) is 25.7 Å². The van der Waals surface area contributed by atoms with Crippen LogP contribution in [0, 0.1) is 23.7 Å². The number of fused-ring (bicyclic) bond motifs is 1. The van der Waals surface area contributed by atoms with Crippen molar-refractivity contribution < 1.29 is 28.6 Å². The average molecular weight is 310 g/mol. The maximum absolute atomic E-state index is 12.0. The Morgan fingerprint density at radius 3 is 2.73 bits per heavy atom. The summed E-state index contributed by atoms with van der Waals surface area (Å²) >= 11 is 0. The van der Waals surface area contributed by atoms with E-state index in [4.69, 9.17) is 14.2 Å². The van der Waals surface area contributed by atoms with Crippen molar-refractivity contribution in [2.75, 3.05) is 6.61 Å². The maximum atomic E-state index is 12.0. The third-order valence-electron chi connectivity index (χ3n) is 4.91. The molecule has 4 rings (SSSR count). The molecule has 0 aromatic rings. The van der Waals surface area contributed by atoms with Gasteiger partial charge in [0.25, 0.3) is 0 Å². The van der Waals surface area contributed by atoms with Gasteiger partial charge in [0.2, 0.25) is 0 Å². The Morgan fingerprint density at radius 2 is 2.00 bits per heavy atom. The van der Waals surface area contributed by atoms with Crippen LogP contribution in [0.15, 0.2) is 0 Å². The van der Waals surface area contributed by atoms with Gasteiger partial charge < -0.3 is 14.2 Å². The van der Waals surface area contributed by atoms with Crippen LogP contribution in [0.25, 0.3) is 0 Å². The number of carbonyl (C=O) groups excluding carboxylic acids is 3. The van der Waals surface area contributed by atoms with Gasteiger partial charge in [0.15, 0.2) is 6.61 Å². The summed E-state index contributed by atoms with van der Waals surface area (Å²) < 4.78 is 15.9. The van der Waals surface area contributed by atoms with Gasteiger partial charge in [0, 0.05) is 5.92 Å². The van der Waals surface area contributed by atoms with E-state index in [1.807, 2.05) is 0 Å². The quantitative estimate of drug-likeness (QED) is 0.578. The predicted molar refractivity (Wildman–Crippen MR) is 74.5 cm³/mol. The van der Waals surface area contributed by atoms with Crippen LogP contribution < -0.4 is 0 Å². The largest absolute Gasteiger partial charge is 0.458 e. The van der Waals surface area contributed by atoms with Crippen molar-refractivity contribution >= 4 is 17.9 Å². The molecule has 2 heterocycles. The van der Waals surface area contributed by atoms with E-state index < -0.39 is 18.0 Å². The topological polar surface area (TPSA) is 78.9 Å². The van der Waals surface area contributed by atoms with Crippen LogP contribution in [0.2, 0.25) is 0 Å². The van der Waals surface area contributed by atoms with E-state index in [1.165, 1.54) is 0 Å². The average Bonchev–Trinajstić information content (AvgIpc) is 2.62.